The standard InChI is InChI=1S/C15H10F3N3/c16-15(17,18)14-10-13(12-8-4-5-9-19-12)21(20-14)11-6-2-1-3-7-11/h1-10H. The maximum Gasteiger partial charge on any atom is 0.435 e. The molecular weight excluding hydrogens is 279 g/mol. The summed E-state index contributed by atoms with van der Waals surface area (Å²) in [7, 11) is 0. The molecule has 21 heavy (non-hydrogen) atoms. The highest BCUT2D eigenvalue weighted by Gasteiger charge is 2.35. The van der Waals surface area contributed by atoms with Crippen molar-refractivity contribution in [3.8, 4) is 17.1 Å². The Balaban J connectivity index is 2.20. The van der Waals surface area contributed by atoms with E-state index >= 15 is 0 Å². The van der Waals surface area contributed by atoms with Gasteiger partial charge in [-0.05, 0) is 30.3 Å². The lowest BCUT2D eigenvalue weighted by atomic mass is 10.2. The van der Waals surface area contributed by atoms with Gasteiger partial charge < -0.3 is 0 Å². The predicted octanol–water partition coefficient (Wildman–Crippen LogP) is 3.95. The third kappa shape index (κ3) is 2.65. The fraction of sp³-hybridized carbons (Fsp3) is 0.0667. The Morgan fingerprint density at radius 2 is 1.62 bits per heavy atom. The van der Waals surface area contributed by atoms with Crippen LogP contribution in [-0.2, 0) is 6.18 Å². The highest BCUT2D eigenvalue weighted by atomic mass is 19.4. The molecule has 0 amide bonds. The molecule has 106 valence electrons. The quantitative estimate of drug-likeness (QED) is 0.715. The summed E-state index contributed by atoms with van der Waals surface area (Å²) in [4.78, 5) is 4.10. The summed E-state index contributed by atoms with van der Waals surface area (Å²) >= 11 is 0. The van der Waals surface area contributed by atoms with Gasteiger partial charge in [-0.1, -0.05) is 24.3 Å². The minimum Gasteiger partial charge on any atom is -0.255 e. The fourth-order valence-corrected chi connectivity index (χ4v) is 1.98. The Kier molecular flexibility index (Phi) is 3.21. The van der Waals surface area contributed by atoms with Gasteiger partial charge in [0, 0.05) is 6.20 Å². The summed E-state index contributed by atoms with van der Waals surface area (Å²) in [6, 6.07) is 14.7. The van der Waals surface area contributed by atoms with Crippen LogP contribution in [0.2, 0.25) is 0 Å². The van der Waals surface area contributed by atoms with E-state index in [0.717, 1.165) is 6.07 Å². The molecule has 0 aliphatic heterocycles. The van der Waals surface area contributed by atoms with Crippen LogP contribution in [0, 0.1) is 0 Å². The van der Waals surface area contributed by atoms with Crippen molar-refractivity contribution in [1.82, 2.24) is 14.8 Å². The van der Waals surface area contributed by atoms with Gasteiger partial charge in [0.2, 0.25) is 0 Å². The van der Waals surface area contributed by atoms with E-state index in [1.807, 2.05) is 0 Å². The smallest absolute Gasteiger partial charge is 0.255 e. The summed E-state index contributed by atoms with van der Waals surface area (Å²) in [5, 5.41) is 3.68. The lowest BCUT2D eigenvalue weighted by Crippen LogP contribution is -2.07. The van der Waals surface area contributed by atoms with Crippen molar-refractivity contribution in [2.45, 2.75) is 6.18 Å². The van der Waals surface area contributed by atoms with Gasteiger partial charge in [0.05, 0.1) is 17.1 Å². The average Bonchev–Trinajstić information content (AvgIpc) is 2.94. The minimum absolute atomic E-state index is 0.300. The Morgan fingerprint density at radius 1 is 0.905 bits per heavy atom. The molecule has 2 heterocycles. The van der Waals surface area contributed by atoms with Gasteiger partial charge in [0.1, 0.15) is 0 Å². The third-order valence-corrected chi connectivity index (χ3v) is 2.93. The average molecular weight is 289 g/mol. The van der Waals surface area contributed by atoms with E-state index in [-0.39, 0.29) is 0 Å². The molecule has 0 radical (unpaired) electrons. The maximum atomic E-state index is 12.9. The Bertz CT molecular complexity index is 677. The van der Waals surface area contributed by atoms with Crippen molar-refractivity contribution in [3.63, 3.8) is 0 Å². The van der Waals surface area contributed by atoms with E-state index in [1.54, 1.807) is 48.5 Å². The number of hydrogen-bond acceptors (Lipinski definition) is 2. The molecule has 2 aromatic heterocycles. The molecule has 0 aliphatic carbocycles. The number of hydrogen-bond donors (Lipinski definition) is 0. The Hall–Kier alpha value is -2.63. The third-order valence-electron chi connectivity index (χ3n) is 2.93. The summed E-state index contributed by atoms with van der Waals surface area (Å²) in [6.45, 7) is 0. The number of nitrogens with zero attached hydrogens (tertiary/aromatic N) is 3. The van der Waals surface area contributed by atoms with Crippen LogP contribution in [0.25, 0.3) is 17.1 Å². The number of pyridine rings is 1. The summed E-state index contributed by atoms with van der Waals surface area (Å²) in [5.41, 5.74) is 0.346. The molecule has 0 unspecified atom stereocenters. The van der Waals surface area contributed by atoms with Crippen LogP contribution in [-0.4, -0.2) is 14.8 Å². The largest absolute Gasteiger partial charge is 0.435 e. The van der Waals surface area contributed by atoms with Gasteiger partial charge >= 0.3 is 6.18 Å². The fourth-order valence-electron chi connectivity index (χ4n) is 1.98. The van der Waals surface area contributed by atoms with Crippen LogP contribution < -0.4 is 0 Å². The normalized spacial score (nSPS) is 11.6. The monoisotopic (exact) mass is 289 g/mol. The maximum absolute atomic E-state index is 12.9. The molecule has 0 aliphatic rings. The van der Waals surface area contributed by atoms with Gasteiger partial charge in [-0.25, -0.2) is 4.68 Å². The number of benzene rings is 1. The molecule has 0 saturated carbocycles. The first-order chi connectivity index (χ1) is 10.1. The van der Waals surface area contributed by atoms with Gasteiger partial charge in [-0.15, -0.1) is 0 Å². The molecule has 0 spiro atoms. The van der Waals surface area contributed by atoms with Crippen LogP contribution in [0.15, 0.2) is 60.8 Å². The Morgan fingerprint density at radius 3 is 2.24 bits per heavy atom. The van der Waals surface area contributed by atoms with Crippen molar-refractivity contribution in [2.75, 3.05) is 0 Å². The van der Waals surface area contributed by atoms with Crippen LogP contribution in [0.5, 0.6) is 0 Å². The van der Waals surface area contributed by atoms with Crippen LogP contribution in [0.1, 0.15) is 5.69 Å². The molecule has 0 bridgehead atoms. The number of rotatable bonds is 2. The molecule has 3 aromatic rings. The van der Waals surface area contributed by atoms with Gasteiger partial charge in [0.15, 0.2) is 5.69 Å². The molecule has 0 fully saturated rings. The topological polar surface area (TPSA) is 30.7 Å². The van der Waals surface area contributed by atoms with Crippen molar-refractivity contribution < 1.29 is 13.2 Å². The van der Waals surface area contributed by atoms with E-state index in [9.17, 15) is 13.2 Å². The highest BCUT2D eigenvalue weighted by Crippen LogP contribution is 2.32. The second kappa shape index (κ2) is 5.05. The first kappa shape index (κ1) is 13.4. The zero-order valence-corrected chi connectivity index (χ0v) is 10.7. The Labute approximate surface area is 118 Å². The highest BCUT2D eigenvalue weighted by molar-refractivity contribution is 5.58. The lowest BCUT2D eigenvalue weighted by Gasteiger charge is -2.06. The van der Waals surface area contributed by atoms with Crippen LogP contribution >= 0.6 is 0 Å². The minimum atomic E-state index is -4.50. The van der Waals surface area contributed by atoms with E-state index in [4.69, 9.17) is 0 Å². The van der Waals surface area contributed by atoms with Crippen LogP contribution in [0.3, 0.4) is 0 Å². The second-order valence-electron chi connectivity index (χ2n) is 4.37. The SMILES string of the molecule is FC(F)(F)c1cc(-c2ccccn2)n(-c2ccccc2)n1. The van der Waals surface area contributed by atoms with Crippen molar-refractivity contribution >= 4 is 0 Å². The zero-order chi connectivity index (χ0) is 14.9. The van der Waals surface area contributed by atoms with Crippen LogP contribution in [0.4, 0.5) is 13.2 Å². The summed E-state index contributed by atoms with van der Waals surface area (Å²) < 4.78 is 40.0. The summed E-state index contributed by atoms with van der Waals surface area (Å²) in [6.07, 6.45) is -2.96. The van der Waals surface area contributed by atoms with E-state index < -0.39 is 11.9 Å². The molecule has 0 saturated heterocycles. The number of halogens is 3. The number of para-hydroxylation sites is 1. The van der Waals surface area contributed by atoms with E-state index in [0.29, 0.717) is 17.1 Å². The molecule has 6 heteroatoms. The van der Waals surface area contributed by atoms with Crippen molar-refractivity contribution in [2.24, 2.45) is 0 Å². The first-order valence-corrected chi connectivity index (χ1v) is 6.20. The van der Waals surface area contributed by atoms with Gasteiger partial charge in [0.25, 0.3) is 0 Å². The molecule has 0 atom stereocenters. The van der Waals surface area contributed by atoms with E-state index in [2.05, 4.69) is 10.1 Å². The van der Waals surface area contributed by atoms with Gasteiger partial charge in [-0.2, -0.15) is 18.3 Å². The zero-order valence-electron chi connectivity index (χ0n) is 10.7. The molecule has 3 nitrogen and oxygen atoms in total. The van der Waals surface area contributed by atoms with Crippen molar-refractivity contribution in [3.05, 3.63) is 66.5 Å². The molecule has 1 aromatic carbocycles. The number of aromatic nitrogens is 3. The second-order valence-corrected chi connectivity index (χ2v) is 4.37. The lowest BCUT2D eigenvalue weighted by molar-refractivity contribution is -0.141. The molecule has 3 rings (SSSR count). The van der Waals surface area contributed by atoms with Crippen molar-refractivity contribution in [1.29, 1.82) is 0 Å². The predicted molar refractivity (Wildman–Crippen MR) is 71.8 cm³/mol. The molecular formula is C15H10F3N3. The van der Waals surface area contributed by atoms with E-state index in [1.165, 1.54) is 10.9 Å². The number of alkyl halides is 3. The molecule has 0 N–H and O–H groups in total. The first-order valence-electron chi connectivity index (χ1n) is 6.20. The van der Waals surface area contributed by atoms with Gasteiger partial charge in [-0.3, -0.25) is 4.98 Å². The summed E-state index contributed by atoms with van der Waals surface area (Å²) in [5.74, 6) is 0.